The maximum Gasteiger partial charge on any atom is 0.492 e. The maximum absolute atomic E-state index is 9.23. The van der Waals surface area contributed by atoms with Crippen molar-refractivity contribution in [2.45, 2.75) is 0 Å². The summed E-state index contributed by atoms with van der Waals surface area (Å²) < 4.78 is 5.59. The van der Waals surface area contributed by atoms with Crippen LogP contribution in [-0.4, -0.2) is 17.2 Å². The van der Waals surface area contributed by atoms with Crippen LogP contribution in [0.1, 0.15) is 11.3 Å². The molecule has 0 radical (unpaired) electrons. The molecule has 0 bridgehead atoms. The molecule has 0 fully saturated rings. The molecule has 1 heterocycles. The van der Waals surface area contributed by atoms with Crippen LogP contribution in [0.2, 0.25) is 0 Å². The molecule has 0 unspecified atom stereocenters. The molecule has 0 atom stereocenters. The first kappa shape index (κ1) is 9.37. The molecule has 16 heavy (non-hydrogen) atoms. The lowest BCUT2D eigenvalue weighted by molar-refractivity contribution is 0.425. The van der Waals surface area contributed by atoms with E-state index in [1.165, 1.54) is 0 Å². The zero-order valence-electron chi connectivity index (χ0n) is 8.34. The summed E-state index contributed by atoms with van der Waals surface area (Å²) in [6.07, 6.45) is 8.37. The minimum absolute atomic E-state index is 0.383. The zero-order valence-corrected chi connectivity index (χ0v) is 8.34. The van der Waals surface area contributed by atoms with Gasteiger partial charge < -0.3 is 14.5 Å². The third-order valence-corrected chi connectivity index (χ3v) is 2.65. The minimum atomic E-state index is -1.52. The molecule has 0 amide bonds. The number of rotatable bonds is 1. The summed E-state index contributed by atoms with van der Waals surface area (Å²) in [6, 6.07) is 5.31. The van der Waals surface area contributed by atoms with Gasteiger partial charge in [0.1, 0.15) is 17.7 Å². The van der Waals surface area contributed by atoms with Crippen LogP contribution in [0.15, 0.2) is 28.7 Å². The summed E-state index contributed by atoms with van der Waals surface area (Å²) in [6.45, 7) is 0. The van der Waals surface area contributed by atoms with E-state index in [2.05, 4.69) is 6.08 Å². The fourth-order valence-electron chi connectivity index (χ4n) is 1.92. The van der Waals surface area contributed by atoms with Gasteiger partial charge in [0.2, 0.25) is 5.76 Å². The van der Waals surface area contributed by atoms with Crippen LogP contribution >= 0.6 is 0 Å². The molecule has 0 spiro atoms. The Morgan fingerprint density at radius 2 is 2.12 bits per heavy atom. The molecule has 2 aromatic rings. The first-order valence-corrected chi connectivity index (χ1v) is 4.95. The molecular formula is C12H8BO3+. The van der Waals surface area contributed by atoms with Crippen molar-refractivity contribution in [3.05, 3.63) is 41.7 Å². The monoisotopic (exact) mass is 211 g/mol. The van der Waals surface area contributed by atoms with Gasteiger partial charge in [-0.05, 0) is 6.07 Å². The Labute approximate surface area is 92.5 Å². The molecule has 0 aliphatic heterocycles. The van der Waals surface area contributed by atoms with E-state index in [1.807, 2.05) is 12.1 Å². The van der Waals surface area contributed by atoms with Gasteiger partial charge in [-0.3, -0.25) is 0 Å². The fourth-order valence-corrected chi connectivity index (χ4v) is 1.92. The minimum Gasteiger partial charge on any atom is -0.423 e. The van der Waals surface area contributed by atoms with Gasteiger partial charge in [-0.25, -0.2) is 0 Å². The summed E-state index contributed by atoms with van der Waals surface area (Å²) in [5.74, 6) is 0.700. The van der Waals surface area contributed by atoms with Crippen molar-refractivity contribution >= 4 is 35.7 Å². The molecule has 1 aromatic carbocycles. The number of hydrogen-bond acceptors (Lipinski definition) is 3. The van der Waals surface area contributed by atoms with Crippen LogP contribution in [0.25, 0.3) is 23.1 Å². The van der Waals surface area contributed by atoms with E-state index >= 15 is 0 Å². The Hall–Kier alpha value is -1.87. The number of hydrogen-bond donors (Lipinski definition) is 2. The SMILES string of the molecule is OB(O)c1cccc2c3c(oc12)C=[C+]C=C3. The average molecular weight is 211 g/mol. The Morgan fingerprint density at radius 3 is 2.94 bits per heavy atom. The third-order valence-electron chi connectivity index (χ3n) is 2.65. The molecule has 76 valence electrons. The van der Waals surface area contributed by atoms with Crippen molar-refractivity contribution in [3.63, 3.8) is 0 Å². The molecule has 0 saturated carbocycles. The van der Waals surface area contributed by atoms with Gasteiger partial charge in [-0.2, -0.15) is 0 Å². The molecular weight excluding hydrogens is 203 g/mol. The molecule has 1 aromatic heterocycles. The lowest BCUT2D eigenvalue weighted by atomic mass is 9.79. The Balaban J connectivity index is 2.39. The molecule has 1 aliphatic rings. The molecule has 2 N–H and O–H groups in total. The lowest BCUT2D eigenvalue weighted by Gasteiger charge is -1.97. The number of benzene rings is 1. The van der Waals surface area contributed by atoms with E-state index in [4.69, 9.17) is 4.42 Å². The van der Waals surface area contributed by atoms with E-state index in [-0.39, 0.29) is 0 Å². The van der Waals surface area contributed by atoms with Crippen LogP contribution in [-0.2, 0) is 0 Å². The van der Waals surface area contributed by atoms with Crippen molar-refractivity contribution in [1.82, 2.24) is 0 Å². The van der Waals surface area contributed by atoms with E-state index in [1.54, 1.807) is 24.3 Å². The maximum atomic E-state index is 9.23. The highest BCUT2D eigenvalue weighted by atomic mass is 16.4. The predicted octanol–water partition coefficient (Wildman–Crippen LogP) is 0.956. The molecule has 3 rings (SSSR count). The number of fused-ring (bicyclic) bond motifs is 3. The molecule has 4 heteroatoms. The normalized spacial score (nSPS) is 12.6. The summed E-state index contributed by atoms with van der Waals surface area (Å²) in [5.41, 5.74) is 1.86. The van der Waals surface area contributed by atoms with E-state index in [0.29, 0.717) is 16.8 Å². The highest BCUT2D eigenvalue weighted by molar-refractivity contribution is 6.61. The second-order valence-electron chi connectivity index (χ2n) is 3.62. The lowest BCUT2D eigenvalue weighted by Crippen LogP contribution is -2.29. The summed E-state index contributed by atoms with van der Waals surface area (Å²) >= 11 is 0. The van der Waals surface area contributed by atoms with Crippen LogP contribution in [0, 0.1) is 6.08 Å². The quantitative estimate of drug-likeness (QED) is 0.545. The highest BCUT2D eigenvalue weighted by Gasteiger charge is 2.24. The summed E-state index contributed by atoms with van der Waals surface area (Å²) in [4.78, 5) is 0. The first-order chi connectivity index (χ1) is 7.77. The molecule has 3 nitrogen and oxygen atoms in total. The number of para-hydroxylation sites is 1. The van der Waals surface area contributed by atoms with Crippen molar-refractivity contribution in [2.75, 3.05) is 0 Å². The third kappa shape index (κ3) is 1.22. The topological polar surface area (TPSA) is 53.6 Å². The van der Waals surface area contributed by atoms with Crippen molar-refractivity contribution in [1.29, 1.82) is 0 Å². The largest absolute Gasteiger partial charge is 0.492 e. The Morgan fingerprint density at radius 1 is 1.25 bits per heavy atom. The Kier molecular flexibility index (Phi) is 1.94. The van der Waals surface area contributed by atoms with Crippen molar-refractivity contribution in [2.24, 2.45) is 0 Å². The second kappa shape index (κ2) is 3.32. The zero-order chi connectivity index (χ0) is 11.1. The van der Waals surface area contributed by atoms with Crippen molar-refractivity contribution < 1.29 is 14.5 Å². The average Bonchev–Trinajstić information content (AvgIpc) is 2.67. The second-order valence-corrected chi connectivity index (χ2v) is 3.62. The van der Waals surface area contributed by atoms with Crippen LogP contribution in [0.3, 0.4) is 0 Å². The van der Waals surface area contributed by atoms with E-state index in [9.17, 15) is 10.0 Å². The fraction of sp³-hybridized carbons (Fsp3) is 0. The van der Waals surface area contributed by atoms with Gasteiger partial charge in [-0.15, -0.1) is 0 Å². The van der Waals surface area contributed by atoms with Crippen LogP contribution in [0.4, 0.5) is 0 Å². The van der Waals surface area contributed by atoms with E-state index in [0.717, 1.165) is 10.9 Å². The Bertz CT molecular complexity index is 608. The molecule has 1 aliphatic carbocycles. The van der Waals surface area contributed by atoms with Crippen LogP contribution < -0.4 is 5.46 Å². The van der Waals surface area contributed by atoms with E-state index < -0.39 is 7.12 Å². The van der Waals surface area contributed by atoms with Gasteiger partial charge in [0.25, 0.3) is 0 Å². The smallest absolute Gasteiger partial charge is 0.423 e. The summed E-state index contributed by atoms with van der Waals surface area (Å²) in [5, 5.41) is 19.4. The predicted molar refractivity (Wildman–Crippen MR) is 62.8 cm³/mol. The van der Waals surface area contributed by atoms with Gasteiger partial charge in [0.15, 0.2) is 5.58 Å². The van der Waals surface area contributed by atoms with Gasteiger partial charge in [-0.1, -0.05) is 12.1 Å². The van der Waals surface area contributed by atoms with Crippen molar-refractivity contribution in [3.8, 4) is 0 Å². The first-order valence-electron chi connectivity index (χ1n) is 4.95. The van der Waals surface area contributed by atoms with Gasteiger partial charge in [0.05, 0.1) is 11.5 Å². The van der Waals surface area contributed by atoms with Gasteiger partial charge in [0, 0.05) is 11.5 Å². The van der Waals surface area contributed by atoms with Gasteiger partial charge >= 0.3 is 7.12 Å². The highest BCUT2D eigenvalue weighted by Crippen LogP contribution is 2.28. The van der Waals surface area contributed by atoms with Crippen LogP contribution in [0.5, 0.6) is 0 Å². The number of furan rings is 1. The number of allylic oxidation sites excluding steroid dienone is 2. The summed E-state index contributed by atoms with van der Waals surface area (Å²) in [7, 11) is -1.52. The molecule has 0 saturated heterocycles. The standard InChI is InChI=1S/C12H8BO3/c14-13(15)10-6-3-5-9-8-4-1-2-7-11(8)16-12(9)10/h1,3-7,14-15H/q+1.